The number of carbonyl (C=O) groups excluding carboxylic acids is 2. The largest absolute Gasteiger partial charge is 0.289 e. The van der Waals surface area contributed by atoms with Crippen LogP contribution < -0.4 is 0 Å². The van der Waals surface area contributed by atoms with Crippen molar-refractivity contribution in [1.29, 1.82) is 0 Å². The number of hydrogen-bond donors (Lipinski definition) is 0. The highest BCUT2D eigenvalue weighted by Crippen LogP contribution is 2.24. The first-order valence-corrected chi connectivity index (χ1v) is 5.10. The van der Waals surface area contributed by atoms with Crippen molar-refractivity contribution in [1.82, 2.24) is 0 Å². The molecule has 0 aromatic heterocycles. The minimum atomic E-state index is -0.262. The summed E-state index contributed by atoms with van der Waals surface area (Å²) in [7, 11) is 0. The first kappa shape index (κ1) is 10.1. The number of aryl methyl sites for hydroxylation is 1. The Kier molecular flexibility index (Phi) is 2.45. The van der Waals surface area contributed by atoms with E-state index < -0.39 is 0 Å². The molecule has 1 aromatic rings. The Morgan fingerprint density at radius 1 is 1.20 bits per heavy atom. The van der Waals surface area contributed by atoms with Gasteiger partial charge < -0.3 is 0 Å². The fourth-order valence-corrected chi connectivity index (χ4v) is 1.80. The zero-order chi connectivity index (χ0) is 11.0. The molecular formula is C12H9ClO2. The third-order valence-corrected chi connectivity index (χ3v) is 2.76. The minimum absolute atomic E-state index is 0.000697. The standard InChI is InChI=1S/C12H9ClO2/c1-2-7-3-4-8-9(5-7)12(15)10(13)6-11(8)14/h3-6H,2H2,1H3. The predicted molar refractivity (Wildman–Crippen MR) is 58.4 cm³/mol. The Balaban J connectivity index is 2.62. The fraction of sp³-hybridized carbons (Fsp3) is 0.167. The van der Waals surface area contributed by atoms with E-state index in [2.05, 4.69) is 0 Å². The fourth-order valence-electron chi connectivity index (χ4n) is 1.60. The van der Waals surface area contributed by atoms with Crippen LogP contribution in [-0.4, -0.2) is 11.6 Å². The van der Waals surface area contributed by atoms with Gasteiger partial charge in [-0.3, -0.25) is 9.59 Å². The maximum absolute atomic E-state index is 11.7. The van der Waals surface area contributed by atoms with Crippen LogP contribution in [0.15, 0.2) is 29.3 Å². The minimum Gasteiger partial charge on any atom is -0.289 e. The molecule has 3 heteroatoms. The number of fused-ring (bicyclic) bond motifs is 1. The summed E-state index contributed by atoms with van der Waals surface area (Å²) >= 11 is 5.68. The van der Waals surface area contributed by atoms with Gasteiger partial charge in [0.25, 0.3) is 0 Å². The van der Waals surface area contributed by atoms with Crippen LogP contribution in [0.4, 0.5) is 0 Å². The molecule has 0 atom stereocenters. The normalized spacial score (nSPS) is 14.9. The summed E-state index contributed by atoms with van der Waals surface area (Å²) in [4.78, 5) is 23.2. The number of carbonyl (C=O) groups is 2. The lowest BCUT2D eigenvalue weighted by Crippen LogP contribution is -2.14. The Bertz CT molecular complexity index is 486. The number of hydrogen-bond acceptors (Lipinski definition) is 2. The van der Waals surface area contributed by atoms with Crippen molar-refractivity contribution in [2.75, 3.05) is 0 Å². The van der Waals surface area contributed by atoms with Crippen molar-refractivity contribution < 1.29 is 9.59 Å². The smallest absolute Gasteiger partial charge is 0.205 e. The quantitative estimate of drug-likeness (QED) is 0.729. The average molecular weight is 221 g/mol. The van der Waals surface area contributed by atoms with E-state index in [-0.39, 0.29) is 16.6 Å². The van der Waals surface area contributed by atoms with Crippen LogP contribution in [0.3, 0.4) is 0 Å². The second-order valence-corrected chi connectivity index (χ2v) is 3.83. The first-order valence-electron chi connectivity index (χ1n) is 4.72. The van der Waals surface area contributed by atoms with E-state index in [1.807, 2.05) is 13.0 Å². The van der Waals surface area contributed by atoms with E-state index in [0.717, 1.165) is 12.0 Å². The molecule has 0 N–H and O–H groups in total. The SMILES string of the molecule is CCc1ccc2c(c1)C(=O)C(Cl)=CC2=O. The van der Waals surface area contributed by atoms with Crippen molar-refractivity contribution >= 4 is 23.2 Å². The third kappa shape index (κ3) is 1.61. The third-order valence-electron chi connectivity index (χ3n) is 2.48. The van der Waals surface area contributed by atoms with Gasteiger partial charge in [-0.15, -0.1) is 0 Å². The molecule has 76 valence electrons. The number of halogens is 1. The molecule has 0 amide bonds. The molecule has 0 spiro atoms. The summed E-state index contributed by atoms with van der Waals surface area (Å²) in [5, 5.41) is 0.000697. The van der Waals surface area contributed by atoms with Gasteiger partial charge >= 0.3 is 0 Å². The monoisotopic (exact) mass is 220 g/mol. The lowest BCUT2D eigenvalue weighted by atomic mass is 9.92. The van der Waals surface area contributed by atoms with E-state index in [1.54, 1.807) is 12.1 Å². The number of rotatable bonds is 1. The maximum atomic E-state index is 11.7. The van der Waals surface area contributed by atoms with E-state index in [9.17, 15) is 9.59 Å². The second kappa shape index (κ2) is 3.63. The zero-order valence-electron chi connectivity index (χ0n) is 8.21. The number of Topliss-reactive ketones (excluding diaryl/α,β-unsaturated/α-hetero) is 1. The Morgan fingerprint density at radius 3 is 2.60 bits per heavy atom. The van der Waals surface area contributed by atoms with Gasteiger partial charge in [0.2, 0.25) is 5.78 Å². The van der Waals surface area contributed by atoms with Crippen molar-refractivity contribution in [2.24, 2.45) is 0 Å². The van der Waals surface area contributed by atoms with Gasteiger partial charge in [-0.05, 0) is 18.1 Å². The lowest BCUT2D eigenvalue weighted by molar-refractivity contribution is 0.0990. The van der Waals surface area contributed by atoms with Crippen molar-refractivity contribution in [2.45, 2.75) is 13.3 Å². The number of benzene rings is 1. The summed E-state index contributed by atoms with van der Waals surface area (Å²) in [5.74, 6) is -0.459. The summed E-state index contributed by atoms with van der Waals surface area (Å²) in [6, 6.07) is 5.29. The van der Waals surface area contributed by atoms with Crippen molar-refractivity contribution in [3.8, 4) is 0 Å². The first-order chi connectivity index (χ1) is 7.13. The molecule has 2 rings (SSSR count). The highest BCUT2D eigenvalue weighted by molar-refractivity contribution is 6.49. The van der Waals surface area contributed by atoms with Crippen molar-refractivity contribution in [3.63, 3.8) is 0 Å². The van der Waals surface area contributed by atoms with E-state index >= 15 is 0 Å². The van der Waals surface area contributed by atoms with E-state index in [4.69, 9.17) is 11.6 Å². The summed E-state index contributed by atoms with van der Waals surface area (Å²) in [5.41, 5.74) is 1.90. The molecule has 0 unspecified atom stereocenters. The Hall–Kier alpha value is -1.41. The van der Waals surface area contributed by atoms with Crippen LogP contribution in [0.2, 0.25) is 0 Å². The van der Waals surface area contributed by atoms with E-state index in [1.165, 1.54) is 6.08 Å². The topological polar surface area (TPSA) is 34.1 Å². The molecule has 0 aliphatic heterocycles. The molecule has 0 saturated carbocycles. The highest BCUT2D eigenvalue weighted by atomic mass is 35.5. The molecule has 0 radical (unpaired) electrons. The molecule has 1 aromatic carbocycles. The van der Waals surface area contributed by atoms with Crippen molar-refractivity contribution in [3.05, 3.63) is 46.0 Å². The van der Waals surface area contributed by atoms with Crippen LogP contribution in [0, 0.1) is 0 Å². The predicted octanol–water partition coefficient (Wildman–Crippen LogP) is 2.75. The number of allylic oxidation sites excluding steroid dienone is 2. The van der Waals surface area contributed by atoms with Gasteiger partial charge in [-0.1, -0.05) is 30.7 Å². The summed E-state index contributed by atoms with van der Waals surface area (Å²) in [6.45, 7) is 1.99. The molecular weight excluding hydrogens is 212 g/mol. The molecule has 0 fully saturated rings. The molecule has 1 aliphatic rings. The molecule has 0 heterocycles. The van der Waals surface area contributed by atoms with Crippen LogP contribution in [0.5, 0.6) is 0 Å². The zero-order valence-corrected chi connectivity index (χ0v) is 8.97. The van der Waals surface area contributed by atoms with Gasteiger partial charge in [-0.2, -0.15) is 0 Å². The second-order valence-electron chi connectivity index (χ2n) is 3.42. The van der Waals surface area contributed by atoms with Gasteiger partial charge in [0.05, 0.1) is 5.03 Å². The molecule has 2 nitrogen and oxygen atoms in total. The Morgan fingerprint density at radius 2 is 1.93 bits per heavy atom. The Labute approximate surface area is 92.6 Å². The van der Waals surface area contributed by atoms with Crippen LogP contribution in [-0.2, 0) is 6.42 Å². The van der Waals surface area contributed by atoms with Gasteiger partial charge in [0.1, 0.15) is 0 Å². The average Bonchev–Trinajstić information content (AvgIpc) is 2.25. The highest BCUT2D eigenvalue weighted by Gasteiger charge is 2.24. The van der Waals surface area contributed by atoms with Gasteiger partial charge in [0, 0.05) is 17.2 Å². The van der Waals surface area contributed by atoms with E-state index in [0.29, 0.717) is 11.1 Å². The van der Waals surface area contributed by atoms with Crippen LogP contribution >= 0.6 is 11.6 Å². The molecule has 1 aliphatic carbocycles. The van der Waals surface area contributed by atoms with Gasteiger partial charge in [-0.25, -0.2) is 0 Å². The summed E-state index contributed by atoms with van der Waals surface area (Å²) in [6.07, 6.45) is 2.01. The number of ketones is 2. The van der Waals surface area contributed by atoms with Crippen LogP contribution in [0.25, 0.3) is 0 Å². The molecule has 15 heavy (non-hydrogen) atoms. The summed E-state index contributed by atoms with van der Waals surface area (Å²) < 4.78 is 0. The molecule has 0 saturated heterocycles. The molecule has 0 bridgehead atoms. The van der Waals surface area contributed by atoms with Crippen LogP contribution in [0.1, 0.15) is 33.2 Å². The maximum Gasteiger partial charge on any atom is 0.205 e. The lowest BCUT2D eigenvalue weighted by Gasteiger charge is -2.12. The van der Waals surface area contributed by atoms with Gasteiger partial charge in [0.15, 0.2) is 5.78 Å².